The summed E-state index contributed by atoms with van der Waals surface area (Å²) in [5.41, 5.74) is 2.20. The highest BCUT2D eigenvalue weighted by Crippen LogP contribution is 2.23. The molecule has 0 aliphatic rings. The van der Waals surface area contributed by atoms with Crippen LogP contribution < -0.4 is 15.6 Å². The van der Waals surface area contributed by atoms with Crippen LogP contribution >= 0.6 is 11.6 Å². The molecule has 0 aliphatic carbocycles. The van der Waals surface area contributed by atoms with E-state index >= 15 is 0 Å². The van der Waals surface area contributed by atoms with Crippen molar-refractivity contribution in [3.8, 4) is 11.4 Å². The molecule has 0 bridgehead atoms. The second-order valence-electron chi connectivity index (χ2n) is 6.85. The number of carbonyl (C=O) groups excluding carboxylic acids is 1. The van der Waals surface area contributed by atoms with Crippen LogP contribution in [-0.2, 0) is 11.8 Å². The average molecular weight is 414 g/mol. The fourth-order valence-electron chi connectivity index (χ4n) is 3.09. The van der Waals surface area contributed by atoms with Crippen molar-refractivity contribution in [3.63, 3.8) is 0 Å². The Morgan fingerprint density at radius 2 is 1.86 bits per heavy atom. The summed E-state index contributed by atoms with van der Waals surface area (Å²) in [6.45, 7) is 5.52. The molecule has 0 aliphatic heterocycles. The summed E-state index contributed by atoms with van der Waals surface area (Å²) in [7, 11) is 1.78. The SMILES string of the molecule is CCC(Oc1ccc(Cl)c(C)c1)C(=O)Nc1c(C)n(C)n(-c2ccccc2)c1=O. The first-order chi connectivity index (χ1) is 13.8. The van der Waals surface area contributed by atoms with E-state index in [-0.39, 0.29) is 17.2 Å². The Bertz CT molecular complexity index is 1090. The summed E-state index contributed by atoms with van der Waals surface area (Å²) in [6, 6.07) is 14.5. The van der Waals surface area contributed by atoms with E-state index in [2.05, 4.69) is 5.32 Å². The summed E-state index contributed by atoms with van der Waals surface area (Å²) in [6.07, 6.45) is -0.286. The highest BCUT2D eigenvalue weighted by molar-refractivity contribution is 6.31. The average Bonchev–Trinajstić information content (AvgIpc) is 2.92. The number of hydrogen-bond acceptors (Lipinski definition) is 3. The summed E-state index contributed by atoms with van der Waals surface area (Å²) in [5, 5.41) is 3.40. The molecule has 2 aromatic carbocycles. The Morgan fingerprint density at radius 3 is 2.48 bits per heavy atom. The molecule has 3 aromatic rings. The Hall–Kier alpha value is -2.99. The predicted molar refractivity (Wildman–Crippen MR) is 115 cm³/mol. The molecule has 3 rings (SSSR count). The minimum Gasteiger partial charge on any atom is -0.481 e. The number of carbonyl (C=O) groups is 1. The Morgan fingerprint density at radius 1 is 1.17 bits per heavy atom. The first kappa shape index (κ1) is 20.7. The molecule has 1 aromatic heterocycles. The summed E-state index contributed by atoms with van der Waals surface area (Å²) < 4.78 is 9.09. The molecule has 1 atom stereocenters. The van der Waals surface area contributed by atoms with Gasteiger partial charge in [-0.3, -0.25) is 14.3 Å². The topological polar surface area (TPSA) is 65.3 Å². The van der Waals surface area contributed by atoms with Gasteiger partial charge in [0.25, 0.3) is 11.5 Å². The molecule has 0 spiro atoms. The van der Waals surface area contributed by atoms with Crippen LogP contribution in [0.1, 0.15) is 24.6 Å². The number of nitrogens with one attached hydrogen (secondary N) is 1. The monoisotopic (exact) mass is 413 g/mol. The van der Waals surface area contributed by atoms with Gasteiger partial charge < -0.3 is 10.1 Å². The van der Waals surface area contributed by atoms with Crippen LogP contribution in [0.3, 0.4) is 0 Å². The van der Waals surface area contributed by atoms with Crippen LogP contribution in [0.15, 0.2) is 53.3 Å². The molecule has 7 heteroatoms. The van der Waals surface area contributed by atoms with E-state index in [1.165, 1.54) is 4.68 Å². The third-order valence-corrected chi connectivity index (χ3v) is 5.30. The zero-order chi connectivity index (χ0) is 21.1. The second kappa shape index (κ2) is 8.57. The van der Waals surface area contributed by atoms with Gasteiger partial charge in [-0.1, -0.05) is 36.7 Å². The number of halogens is 1. The zero-order valence-electron chi connectivity index (χ0n) is 16.9. The maximum atomic E-state index is 13.0. The second-order valence-corrected chi connectivity index (χ2v) is 7.26. The maximum absolute atomic E-state index is 13.0. The van der Waals surface area contributed by atoms with Crippen molar-refractivity contribution in [1.82, 2.24) is 9.36 Å². The van der Waals surface area contributed by atoms with Crippen molar-refractivity contribution in [2.45, 2.75) is 33.3 Å². The van der Waals surface area contributed by atoms with Crippen molar-refractivity contribution in [1.29, 1.82) is 0 Å². The summed E-state index contributed by atoms with van der Waals surface area (Å²) in [5.74, 6) is 0.187. The van der Waals surface area contributed by atoms with E-state index < -0.39 is 6.10 Å². The first-order valence-electron chi connectivity index (χ1n) is 9.41. The van der Waals surface area contributed by atoms with Crippen molar-refractivity contribution in [2.24, 2.45) is 7.05 Å². The highest BCUT2D eigenvalue weighted by atomic mass is 35.5. The fourth-order valence-corrected chi connectivity index (χ4v) is 3.21. The maximum Gasteiger partial charge on any atom is 0.295 e. The molecule has 29 heavy (non-hydrogen) atoms. The van der Waals surface area contributed by atoms with Gasteiger partial charge in [-0.25, -0.2) is 4.68 Å². The minimum atomic E-state index is -0.736. The van der Waals surface area contributed by atoms with Gasteiger partial charge in [0.1, 0.15) is 11.4 Å². The lowest BCUT2D eigenvalue weighted by Gasteiger charge is -2.17. The van der Waals surface area contributed by atoms with Gasteiger partial charge in [0.2, 0.25) is 0 Å². The molecule has 1 heterocycles. The standard InChI is InChI=1S/C22H24ClN3O3/c1-5-19(29-17-11-12-18(23)14(2)13-17)21(27)24-20-15(3)25(4)26(22(20)28)16-9-7-6-8-10-16/h6-13,19H,5H2,1-4H3,(H,24,27). The highest BCUT2D eigenvalue weighted by Gasteiger charge is 2.23. The molecule has 0 saturated carbocycles. The molecule has 1 unspecified atom stereocenters. The van der Waals surface area contributed by atoms with Gasteiger partial charge in [0.05, 0.1) is 11.4 Å². The number of aryl methyl sites for hydroxylation is 1. The molecule has 0 radical (unpaired) electrons. The first-order valence-corrected chi connectivity index (χ1v) is 9.79. The zero-order valence-corrected chi connectivity index (χ0v) is 17.7. The Balaban J connectivity index is 1.86. The van der Waals surface area contributed by atoms with E-state index in [1.54, 1.807) is 36.9 Å². The molecule has 1 N–H and O–H groups in total. The number of hydrogen-bond donors (Lipinski definition) is 1. The lowest BCUT2D eigenvalue weighted by Crippen LogP contribution is -2.34. The van der Waals surface area contributed by atoms with Crippen LogP contribution in [0.25, 0.3) is 5.69 Å². The third kappa shape index (κ3) is 4.22. The fraction of sp³-hybridized carbons (Fsp3) is 0.273. The van der Waals surface area contributed by atoms with E-state index in [0.29, 0.717) is 22.9 Å². The van der Waals surface area contributed by atoms with Crippen LogP contribution in [0.5, 0.6) is 5.75 Å². The molecule has 0 fully saturated rings. The van der Waals surface area contributed by atoms with Gasteiger partial charge in [0.15, 0.2) is 6.10 Å². The van der Waals surface area contributed by atoms with Crippen LogP contribution in [-0.4, -0.2) is 21.4 Å². The lowest BCUT2D eigenvalue weighted by atomic mass is 10.2. The van der Waals surface area contributed by atoms with Crippen LogP contribution in [0.2, 0.25) is 5.02 Å². The van der Waals surface area contributed by atoms with E-state index in [1.807, 2.05) is 44.2 Å². The number of anilines is 1. The smallest absolute Gasteiger partial charge is 0.295 e. The number of ether oxygens (including phenoxy) is 1. The number of benzene rings is 2. The number of para-hydroxylation sites is 1. The van der Waals surface area contributed by atoms with E-state index in [4.69, 9.17) is 16.3 Å². The Kier molecular flexibility index (Phi) is 6.13. The van der Waals surface area contributed by atoms with Crippen molar-refractivity contribution < 1.29 is 9.53 Å². The van der Waals surface area contributed by atoms with E-state index in [0.717, 1.165) is 11.3 Å². The van der Waals surface area contributed by atoms with Crippen molar-refractivity contribution >= 4 is 23.2 Å². The molecule has 6 nitrogen and oxygen atoms in total. The minimum absolute atomic E-state index is 0.246. The third-order valence-electron chi connectivity index (χ3n) is 4.87. The molecule has 152 valence electrons. The molecular weight excluding hydrogens is 390 g/mol. The van der Waals surface area contributed by atoms with Gasteiger partial charge in [0, 0.05) is 12.1 Å². The normalized spacial score (nSPS) is 11.9. The van der Waals surface area contributed by atoms with Crippen LogP contribution in [0, 0.1) is 13.8 Å². The quantitative estimate of drug-likeness (QED) is 0.657. The van der Waals surface area contributed by atoms with Gasteiger partial charge >= 0.3 is 0 Å². The number of nitrogens with zero attached hydrogens (tertiary/aromatic N) is 2. The molecular formula is C22H24ClN3O3. The predicted octanol–water partition coefficient (Wildman–Crippen LogP) is 4.24. The van der Waals surface area contributed by atoms with Crippen LogP contribution in [0.4, 0.5) is 5.69 Å². The largest absolute Gasteiger partial charge is 0.481 e. The van der Waals surface area contributed by atoms with Gasteiger partial charge in [-0.15, -0.1) is 0 Å². The lowest BCUT2D eigenvalue weighted by molar-refractivity contribution is -0.122. The molecule has 1 amide bonds. The Labute approximate surface area is 174 Å². The van der Waals surface area contributed by atoms with Gasteiger partial charge in [-0.05, 0) is 56.2 Å². The van der Waals surface area contributed by atoms with Crippen molar-refractivity contribution in [3.05, 3.63) is 75.2 Å². The summed E-state index contributed by atoms with van der Waals surface area (Å²) in [4.78, 5) is 25.8. The van der Waals surface area contributed by atoms with Crippen molar-refractivity contribution in [2.75, 3.05) is 5.32 Å². The number of amides is 1. The number of rotatable bonds is 6. The number of aromatic nitrogens is 2. The van der Waals surface area contributed by atoms with Gasteiger partial charge in [-0.2, -0.15) is 0 Å². The molecule has 0 saturated heterocycles. The van der Waals surface area contributed by atoms with E-state index in [9.17, 15) is 9.59 Å². The summed E-state index contributed by atoms with van der Waals surface area (Å²) >= 11 is 6.05.